The van der Waals surface area contributed by atoms with Crippen LogP contribution in [0.5, 0.6) is 0 Å². The summed E-state index contributed by atoms with van der Waals surface area (Å²) in [7, 11) is 0. The number of hydrogen-bond acceptors (Lipinski definition) is 7. The van der Waals surface area contributed by atoms with Crippen LogP contribution in [0.4, 0.5) is 0 Å². The van der Waals surface area contributed by atoms with Gasteiger partial charge < -0.3 is 14.0 Å². The summed E-state index contributed by atoms with van der Waals surface area (Å²) >= 11 is 14.2. The molecule has 0 N–H and O–H groups in total. The summed E-state index contributed by atoms with van der Waals surface area (Å²) < 4.78 is 12.9. The van der Waals surface area contributed by atoms with Crippen molar-refractivity contribution >= 4 is 73.9 Å². The zero-order chi connectivity index (χ0) is 21.8. The molecule has 0 radical (unpaired) electrons. The minimum absolute atomic E-state index is 0.142. The summed E-state index contributed by atoms with van der Waals surface area (Å²) in [5.41, 5.74) is 1.17. The molecular formula is C19H16Cl2N2O5S2. The van der Waals surface area contributed by atoms with Gasteiger partial charge in [0.15, 0.2) is 4.80 Å². The van der Waals surface area contributed by atoms with E-state index >= 15 is 0 Å². The van der Waals surface area contributed by atoms with Gasteiger partial charge in [-0.25, -0.2) is 4.79 Å². The Morgan fingerprint density at radius 1 is 1.07 bits per heavy atom. The molecule has 0 spiro atoms. The van der Waals surface area contributed by atoms with Gasteiger partial charge in [0, 0.05) is 0 Å². The molecule has 7 nitrogen and oxygen atoms in total. The van der Waals surface area contributed by atoms with Crippen molar-refractivity contribution in [1.82, 2.24) is 4.57 Å². The highest BCUT2D eigenvalue weighted by atomic mass is 35.5. The van der Waals surface area contributed by atoms with Crippen molar-refractivity contribution in [2.24, 2.45) is 4.99 Å². The van der Waals surface area contributed by atoms with Gasteiger partial charge in [-0.1, -0.05) is 34.5 Å². The molecule has 0 saturated heterocycles. The molecule has 0 aliphatic rings. The van der Waals surface area contributed by atoms with E-state index in [1.807, 2.05) is 0 Å². The lowest BCUT2D eigenvalue weighted by Crippen LogP contribution is -2.23. The summed E-state index contributed by atoms with van der Waals surface area (Å²) in [4.78, 5) is 41.2. The molecule has 0 unspecified atom stereocenters. The number of nitrogens with zero attached hydrogens (tertiary/aromatic N) is 2. The fraction of sp³-hybridized carbons (Fsp3) is 0.263. The van der Waals surface area contributed by atoms with E-state index in [-0.39, 0.29) is 34.5 Å². The van der Waals surface area contributed by atoms with Gasteiger partial charge in [-0.2, -0.15) is 4.99 Å². The Morgan fingerprint density at radius 2 is 1.80 bits per heavy atom. The molecule has 3 aromatic rings. The van der Waals surface area contributed by atoms with Crippen LogP contribution in [0.1, 0.15) is 34.6 Å². The molecule has 1 amide bonds. The van der Waals surface area contributed by atoms with E-state index in [0.717, 1.165) is 22.7 Å². The summed E-state index contributed by atoms with van der Waals surface area (Å²) in [5, 5.41) is 0. The van der Waals surface area contributed by atoms with E-state index < -0.39 is 17.8 Å². The molecule has 1 aromatic carbocycles. The van der Waals surface area contributed by atoms with Gasteiger partial charge in [-0.3, -0.25) is 9.59 Å². The quantitative estimate of drug-likeness (QED) is 0.476. The molecule has 2 heterocycles. The Morgan fingerprint density at radius 3 is 2.43 bits per heavy atom. The number of halogens is 2. The standard InChI is InChI=1S/C19H16Cl2N2O5S2/c1-3-27-15(24)9-23-12-6-5-10(18(26)28-4-2)7-13(12)29-19(23)22-17(25)11-8-14(20)30-16(11)21/h5-8H,3-4,9H2,1-2H3. The Bertz CT molecular complexity index is 1200. The zero-order valence-corrected chi connectivity index (χ0v) is 19.1. The van der Waals surface area contributed by atoms with Crippen LogP contribution in [0.3, 0.4) is 0 Å². The monoisotopic (exact) mass is 486 g/mol. The normalized spacial score (nSPS) is 11.7. The first-order valence-electron chi connectivity index (χ1n) is 8.84. The molecular weight excluding hydrogens is 471 g/mol. The number of rotatable bonds is 6. The number of thiazole rings is 1. The van der Waals surface area contributed by atoms with Crippen LogP contribution in [0.2, 0.25) is 8.67 Å². The van der Waals surface area contributed by atoms with E-state index in [2.05, 4.69) is 4.99 Å². The second-order valence-corrected chi connectivity index (χ2v) is 9.13. The van der Waals surface area contributed by atoms with E-state index in [4.69, 9.17) is 32.7 Å². The van der Waals surface area contributed by atoms with Crippen LogP contribution in [0.25, 0.3) is 10.2 Å². The fourth-order valence-corrected chi connectivity index (χ4v) is 5.14. The number of benzene rings is 1. The third-order valence-electron chi connectivity index (χ3n) is 3.87. The minimum atomic E-state index is -0.585. The van der Waals surface area contributed by atoms with Crippen molar-refractivity contribution in [1.29, 1.82) is 0 Å². The molecule has 0 bridgehead atoms. The SMILES string of the molecule is CCOC(=O)Cn1c(=NC(=O)c2cc(Cl)sc2Cl)sc2cc(C(=O)OCC)ccc21. The molecule has 3 rings (SSSR count). The second kappa shape index (κ2) is 9.74. The lowest BCUT2D eigenvalue weighted by Gasteiger charge is -2.06. The molecule has 2 aromatic heterocycles. The Kier molecular flexibility index (Phi) is 7.30. The number of ether oxygens (including phenoxy) is 2. The fourth-order valence-electron chi connectivity index (χ4n) is 2.62. The molecule has 0 atom stereocenters. The topological polar surface area (TPSA) is 87.0 Å². The maximum absolute atomic E-state index is 12.6. The minimum Gasteiger partial charge on any atom is -0.465 e. The van der Waals surface area contributed by atoms with E-state index in [1.165, 1.54) is 6.07 Å². The maximum atomic E-state index is 12.6. The Hall–Kier alpha value is -2.20. The van der Waals surface area contributed by atoms with Crippen LogP contribution < -0.4 is 4.80 Å². The van der Waals surface area contributed by atoms with Gasteiger partial charge in [0.2, 0.25) is 0 Å². The molecule has 0 aliphatic heterocycles. The third kappa shape index (κ3) is 4.92. The molecule has 30 heavy (non-hydrogen) atoms. The summed E-state index contributed by atoms with van der Waals surface area (Å²) in [5.74, 6) is -1.52. The average Bonchev–Trinajstić information content (AvgIpc) is 3.20. The van der Waals surface area contributed by atoms with E-state index in [0.29, 0.717) is 20.1 Å². The maximum Gasteiger partial charge on any atom is 0.338 e. The number of fused-ring (bicyclic) bond motifs is 1. The van der Waals surface area contributed by atoms with Crippen molar-refractivity contribution in [3.8, 4) is 0 Å². The summed E-state index contributed by atoms with van der Waals surface area (Å²) in [6.07, 6.45) is 0. The molecule has 0 saturated carbocycles. The number of thiophene rings is 1. The number of amides is 1. The number of esters is 2. The van der Waals surface area contributed by atoms with Crippen LogP contribution in [0, 0.1) is 0 Å². The smallest absolute Gasteiger partial charge is 0.338 e. The number of carbonyl (C=O) groups is 3. The van der Waals surface area contributed by atoms with Crippen LogP contribution in [-0.4, -0.2) is 35.6 Å². The highest BCUT2D eigenvalue weighted by Crippen LogP contribution is 2.31. The molecule has 158 valence electrons. The summed E-state index contributed by atoms with van der Waals surface area (Å²) in [6.45, 7) is 3.76. The lowest BCUT2D eigenvalue weighted by molar-refractivity contribution is -0.143. The first-order chi connectivity index (χ1) is 14.3. The molecule has 0 fully saturated rings. The number of hydrogen-bond donors (Lipinski definition) is 0. The zero-order valence-electron chi connectivity index (χ0n) is 15.9. The lowest BCUT2D eigenvalue weighted by atomic mass is 10.2. The van der Waals surface area contributed by atoms with Gasteiger partial charge in [0.25, 0.3) is 5.91 Å². The van der Waals surface area contributed by atoms with E-state index in [1.54, 1.807) is 36.6 Å². The first kappa shape index (κ1) is 22.5. The Balaban J connectivity index is 2.12. The van der Waals surface area contributed by atoms with Gasteiger partial charge in [-0.05, 0) is 38.1 Å². The van der Waals surface area contributed by atoms with Gasteiger partial charge in [-0.15, -0.1) is 11.3 Å². The van der Waals surface area contributed by atoms with Crippen LogP contribution >= 0.6 is 45.9 Å². The van der Waals surface area contributed by atoms with Crippen molar-refractivity contribution in [3.05, 3.63) is 48.9 Å². The Labute approximate surface area is 189 Å². The van der Waals surface area contributed by atoms with Gasteiger partial charge in [0.1, 0.15) is 10.9 Å². The average molecular weight is 487 g/mol. The number of carbonyl (C=O) groups excluding carboxylic acids is 3. The van der Waals surface area contributed by atoms with Crippen molar-refractivity contribution in [2.45, 2.75) is 20.4 Å². The number of aromatic nitrogens is 1. The predicted molar refractivity (Wildman–Crippen MR) is 117 cm³/mol. The van der Waals surface area contributed by atoms with Gasteiger partial charge in [0.05, 0.1) is 38.9 Å². The van der Waals surface area contributed by atoms with Crippen LogP contribution in [-0.2, 0) is 20.8 Å². The molecule has 0 aliphatic carbocycles. The van der Waals surface area contributed by atoms with Crippen molar-refractivity contribution in [2.75, 3.05) is 13.2 Å². The third-order valence-corrected chi connectivity index (χ3v) is 6.40. The second-order valence-electron chi connectivity index (χ2n) is 5.83. The first-order valence-corrected chi connectivity index (χ1v) is 11.2. The van der Waals surface area contributed by atoms with E-state index in [9.17, 15) is 14.4 Å². The highest BCUT2D eigenvalue weighted by Gasteiger charge is 2.17. The van der Waals surface area contributed by atoms with Crippen molar-refractivity contribution in [3.63, 3.8) is 0 Å². The van der Waals surface area contributed by atoms with Gasteiger partial charge >= 0.3 is 11.9 Å². The predicted octanol–water partition coefficient (Wildman–Crippen LogP) is 4.55. The largest absolute Gasteiger partial charge is 0.465 e. The van der Waals surface area contributed by atoms with Crippen molar-refractivity contribution < 1.29 is 23.9 Å². The highest BCUT2D eigenvalue weighted by molar-refractivity contribution is 7.20. The summed E-state index contributed by atoms with van der Waals surface area (Å²) in [6, 6.07) is 6.35. The molecule has 11 heteroatoms. The van der Waals surface area contributed by atoms with Crippen LogP contribution in [0.15, 0.2) is 29.3 Å².